The van der Waals surface area contributed by atoms with Gasteiger partial charge < -0.3 is 10.1 Å². The number of nitrogens with one attached hydrogen (secondary N) is 1. The number of amides is 1. The van der Waals surface area contributed by atoms with Crippen molar-refractivity contribution in [2.75, 3.05) is 12.4 Å². The Hall–Kier alpha value is -1.85. The molecular formula is C14H12ClNO3S. The first-order chi connectivity index (χ1) is 9.51. The molecule has 6 heteroatoms. The van der Waals surface area contributed by atoms with E-state index in [1.807, 2.05) is 6.92 Å². The van der Waals surface area contributed by atoms with Crippen LogP contribution in [0, 0.1) is 6.92 Å². The zero-order chi connectivity index (χ0) is 14.7. The van der Waals surface area contributed by atoms with E-state index in [1.165, 1.54) is 7.11 Å². The monoisotopic (exact) mass is 309 g/mol. The van der Waals surface area contributed by atoms with Crippen LogP contribution in [-0.2, 0) is 4.74 Å². The highest BCUT2D eigenvalue weighted by atomic mass is 35.5. The molecule has 0 unspecified atom stereocenters. The second kappa shape index (κ2) is 6.07. The number of hydrogen-bond acceptors (Lipinski definition) is 4. The van der Waals surface area contributed by atoms with Crippen LogP contribution in [0.1, 0.15) is 24.9 Å². The second-order valence-corrected chi connectivity index (χ2v) is 5.59. The largest absolute Gasteiger partial charge is 0.465 e. The molecular weight excluding hydrogens is 298 g/mol. The lowest BCUT2D eigenvalue weighted by Crippen LogP contribution is -2.11. The Morgan fingerprint density at radius 2 is 1.90 bits per heavy atom. The molecule has 104 valence electrons. The van der Waals surface area contributed by atoms with Crippen LogP contribution in [0.25, 0.3) is 0 Å². The number of aryl methyl sites for hydroxylation is 1. The Balaban J connectivity index is 2.16. The molecule has 0 spiro atoms. The van der Waals surface area contributed by atoms with E-state index < -0.39 is 5.97 Å². The number of hydrogen-bond donors (Lipinski definition) is 1. The molecule has 2 aromatic rings. The summed E-state index contributed by atoms with van der Waals surface area (Å²) in [5.41, 5.74) is 1.56. The van der Waals surface area contributed by atoms with Crippen molar-refractivity contribution in [1.29, 1.82) is 0 Å². The molecule has 1 amide bonds. The van der Waals surface area contributed by atoms with Gasteiger partial charge in [0.1, 0.15) is 4.88 Å². The normalized spacial score (nSPS) is 10.2. The van der Waals surface area contributed by atoms with Gasteiger partial charge in [0, 0.05) is 10.7 Å². The third kappa shape index (κ3) is 3.18. The van der Waals surface area contributed by atoms with Gasteiger partial charge in [0.15, 0.2) is 0 Å². The van der Waals surface area contributed by atoms with E-state index in [0.29, 0.717) is 20.5 Å². The minimum absolute atomic E-state index is 0.268. The van der Waals surface area contributed by atoms with E-state index >= 15 is 0 Å². The summed E-state index contributed by atoms with van der Waals surface area (Å²) in [7, 11) is 1.30. The summed E-state index contributed by atoms with van der Waals surface area (Å²) >= 11 is 6.95. The minimum Gasteiger partial charge on any atom is -0.465 e. The van der Waals surface area contributed by atoms with Crippen molar-refractivity contribution in [2.45, 2.75) is 6.92 Å². The van der Waals surface area contributed by atoms with Gasteiger partial charge in [-0.1, -0.05) is 11.6 Å². The average molecular weight is 310 g/mol. The fraction of sp³-hybridized carbons (Fsp3) is 0.143. The molecule has 0 radical (unpaired) electrons. The van der Waals surface area contributed by atoms with Gasteiger partial charge in [-0.2, -0.15) is 0 Å². The van der Waals surface area contributed by atoms with Crippen molar-refractivity contribution < 1.29 is 14.3 Å². The van der Waals surface area contributed by atoms with Crippen molar-refractivity contribution in [1.82, 2.24) is 0 Å². The molecule has 0 bridgehead atoms. The smallest absolute Gasteiger partial charge is 0.348 e. The van der Waals surface area contributed by atoms with E-state index in [2.05, 4.69) is 10.1 Å². The zero-order valence-electron chi connectivity index (χ0n) is 10.9. The molecule has 2 rings (SSSR count). The van der Waals surface area contributed by atoms with E-state index in [1.54, 1.807) is 30.3 Å². The molecule has 1 aromatic carbocycles. The number of carbonyl (C=O) groups is 2. The highest BCUT2D eigenvalue weighted by Gasteiger charge is 2.14. The molecule has 1 aromatic heterocycles. The molecule has 0 saturated carbocycles. The van der Waals surface area contributed by atoms with Gasteiger partial charge in [0.25, 0.3) is 5.91 Å². The van der Waals surface area contributed by atoms with Crippen molar-refractivity contribution in [3.05, 3.63) is 50.7 Å². The van der Waals surface area contributed by atoms with Gasteiger partial charge in [-0.25, -0.2) is 4.79 Å². The summed E-state index contributed by atoms with van der Waals surface area (Å²) in [5.74, 6) is -0.715. The highest BCUT2D eigenvalue weighted by Crippen LogP contribution is 2.22. The molecule has 0 aliphatic rings. The lowest BCUT2D eigenvalue weighted by molar-refractivity contribution is 0.0606. The van der Waals surface area contributed by atoms with Crippen LogP contribution in [0.15, 0.2) is 30.3 Å². The Morgan fingerprint density at radius 3 is 2.55 bits per heavy atom. The first-order valence-corrected chi connectivity index (χ1v) is 6.96. The number of halogens is 1. The molecule has 1 heterocycles. The SMILES string of the molecule is COC(=O)c1ccc(C(=O)Nc2ccc(Cl)cc2C)s1. The lowest BCUT2D eigenvalue weighted by Gasteiger charge is -2.07. The van der Waals surface area contributed by atoms with Gasteiger partial charge >= 0.3 is 5.97 Å². The Labute approximate surface area is 125 Å². The maximum absolute atomic E-state index is 12.1. The average Bonchev–Trinajstić information content (AvgIpc) is 2.90. The van der Waals surface area contributed by atoms with Crippen molar-refractivity contribution in [3.8, 4) is 0 Å². The van der Waals surface area contributed by atoms with Crippen LogP contribution in [0.2, 0.25) is 5.02 Å². The predicted molar refractivity (Wildman–Crippen MR) is 79.8 cm³/mol. The van der Waals surface area contributed by atoms with Gasteiger partial charge in [-0.3, -0.25) is 4.79 Å². The number of carbonyl (C=O) groups excluding carboxylic acids is 2. The predicted octanol–water partition coefficient (Wildman–Crippen LogP) is 3.75. The molecule has 0 aliphatic carbocycles. The fourth-order valence-electron chi connectivity index (χ4n) is 1.62. The molecule has 20 heavy (non-hydrogen) atoms. The zero-order valence-corrected chi connectivity index (χ0v) is 12.5. The standard InChI is InChI=1S/C14H12ClNO3S/c1-8-7-9(15)3-4-10(8)16-13(17)11-5-6-12(20-11)14(18)19-2/h3-7H,1-2H3,(H,16,17). The van der Waals surface area contributed by atoms with E-state index in [9.17, 15) is 9.59 Å². The van der Waals surface area contributed by atoms with Gasteiger partial charge in [0.05, 0.1) is 12.0 Å². The number of benzene rings is 1. The summed E-state index contributed by atoms with van der Waals surface area (Å²) in [6.07, 6.45) is 0. The maximum atomic E-state index is 12.1. The molecule has 0 fully saturated rings. The van der Waals surface area contributed by atoms with Crippen LogP contribution < -0.4 is 5.32 Å². The van der Waals surface area contributed by atoms with Crippen LogP contribution in [0.3, 0.4) is 0 Å². The molecule has 0 atom stereocenters. The van der Waals surface area contributed by atoms with Gasteiger partial charge in [-0.05, 0) is 42.8 Å². The Kier molecular flexibility index (Phi) is 4.42. The van der Waals surface area contributed by atoms with Crippen molar-refractivity contribution >= 4 is 40.5 Å². The van der Waals surface area contributed by atoms with Crippen molar-refractivity contribution in [3.63, 3.8) is 0 Å². The van der Waals surface area contributed by atoms with E-state index in [0.717, 1.165) is 16.9 Å². The second-order valence-electron chi connectivity index (χ2n) is 4.07. The first kappa shape index (κ1) is 14.6. The summed E-state index contributed by atoms with van der Waals surface area (Å²) in [5, 5.41) is 3.40. The highest BCUT2D eigenvalue weighted by molar-refractivity contribution is 7.16. The number of rotatable bonds is 3. The topological polar surface area (TPSA) is 55.4 Å². The van der Waals surface area contributed by atoms with Gasteiger partial charge in [0.2, 0.25) is 0 Å². The molecule has 1 N–H and O–H groups in total. The molecule has 0 saturated heterocycles. The third-order valence-corrected chi connectivity index (χ3v) is 3.95. The first-order valence-electron chi connectivity index (χ1n) is 5.77. The van der Waals surface area contributed by atoms with Gasteiger partial charge in [-0.15, -0.1) is 11.3 Å². The van der Waals surface area contributed by atoms with E-state index in [4.69, 9.17) is 11.6 Å². The van der Waals surface area contributed by atoms with Crippen molar-refractivity contribution in [2.24, 2.45) is 0 Å². The van der Waals surface area contributed by atoms with E-state index in [-0.39, 0.29) is 5.91 Å². The quantitative estimate of drug-likeness (QED) is 0.879. The number of thiophene rings is 1. The van der Waals surface area contributed by atoms with Crippen LogP contribution in [-0.4, -0.2) is 19.0 Å². The fourth-order valence-corrected chi connectivity index (χ4v) is 2.67. The minimum atomic E-state index is -0.447. The summed E-state index contributed by atoms with van der Waals surface area (Å²) in [4.78, 5) is 24.3. The number of esters is 1. The Bertz CT molecular complexity index is 666. The number of anilines is 1. The summed E-state index contributed by atoms with van der Waals surface area (Å²) < 4.78 is 4.61. The lowest BCUT2D eigenvalue weighted by atomic mass is 10.2. The number of methoxy groups -OCH3 is 1. The van der Waals surface area contributed by atoms with Crippen LogP contribution in [0.5, 0.6) is 0 Å². The molecule has 0 aliphatic heterocycles. The maximum Gasteiger partial charge on any atom is 0.348 e. The summed E-state index contributed by atoms with van der Waals surface area (Å²) in [6, 6.07) is 8.38. The molecule has 4 nitrogen and oxygen atoms in total. The van der Waals surface area contributed by atoms with Crippen LogP contribution >= 0.6 is 22.9 Å². The van der Waals surface area contributed by atoms with Crippen LogP contribution in [0.4, 0.5) is 5.69 Å². The summed E-state index contributed by atoms with van der Waals surface area (Å²) in [6.45, 7) is 1.86. The third-order valence-electron chi connectivity index (χ3n) is 2.65. The Morgan fingerprint density at radius 1 is 1.20 bits per heavy atom. The number of ether oxygens (including phenoxy) is 1.